The molecule has 0 aliphatic carbocycles. The molecule has 0 radical (unpaired) electrons. The Morgan fingerprint density at radius 3 is 2.04 bits per heavy atom. The van der Waals surface area contributed by atoms with E-state index in [-0.39, 0.29) is 0 Å². The molecule has 0 fully saturated rings. The molecular weight excluding hydrogens is 348 g/mol. The molecule has 0 bridgehead atoms. The molecule has 0 atom stereocenters. The van der Waals surface area contributed by atoms with Crippen molar-refractivity contribution in [1.82, 2.24) is 0 Å². The lowest BCUT2D eigenvalue weighted by Gasteiger charge is -2.11. The average Bonchev–Trinajstić information content (AvgIpc) is 2.75. The SMILES string of the molecule is COc1ccc(C=O)cc1OCCCCCCCCCCCc1ccccc1. The highest BCUT2D eigenvalue weighted by Crippen LogP contribution is 2.27. The van der Waals surface area contributed by atoms with Crippen LogP contribution < -0.4 is 9.47 Å². The second kappa shape index (κ2) is 13.8. The van der Waals surface area contributed by atoms with Gasteiger partial charge in [-0.2, -0.15) is 0 Å². The fourth-order valence-corrected chi connectivity index (χ4v) is 3.37. The minimum atomic E-state index is 0.611. The third-order valence-electron chi connectivity index (χ3n) is 5.03. The summed E-state index contributed by atoms with van der Waals surface area (Å²) in [5, 5.41) is 0. The molecule has 2 rings (SSSR count). The van der Waals surface area contributed by atoms with Gasteiger partial charge in [0.2, 0.25) is 0 Å². The smallest absolute Gasteiger partial charge is 0.161 e. The van der Waals surface area contributed by atoms with Crippen molar-refractivity contribution in [2.24, 2.45) is 0 Å². The van der Waals surface area contributed by atoms with Crippen molar-refractivity contribution in [2.45, 2.75) is 64.2 Å². The number of hydrogen-bond donors (Lipinski definition) is 0. The molecule has 0 unspecified atom stereocenters. The number of carbonyl (C=O) groups excluding carboxylic acids is 1. The van der Waals surface area contributed by atoms with E-state index in [4.69, 9.17) is 9.47 Å². The van der Waals surface area contributed by atoms with Gasteiger partial charge >= 0.3 is 0 Å². The summed E-state index contributed by atoms with van der Waals surface area (Å²) in [6.45, 7) is 0.665. The number of ether oxygens (including phenoxy) is 2. The highest BCUT2D eigenvalue weighted by molar-refractivity contribution is 5.76. The molecule has 0 saturated heterocycles. The van der Waals surface area contributed by atoms with Gasteiger partial charge in [0.15, 0.2) is 11.5 Å². The summed E-state index contributed by atoms with van der Waals surface area (Å²) in [6.07, 6.45) is 13.5. The molecule has 0 aliphatic rings. The van der Waals surface area contributed by atoms with Crippen LogP contribution in [0.4, 0.5) is 0 Å². The van der Waals surface area contributed by atoms with Crippen LogP contribution in [0.25, 0.3) is 0 Å². The van der Waals surface area contributed by atoms with Gasteiger partial charge in [0.05, 0.1) is 13.7 Å². The van der Waals surface area contributed by atoms with Crippen LogP contribution in [0.15, 0.2) is 48.5 Å². The highest BCUT2D eigenvalue weighted by Gasteiger charge is 2.05. The van der Waals surface area contributed by atoms with E-state index in [0.717, 1.165) is 12.7 Å². The number of unbranched alkanes of at least 4 members (excludes halogenated alkanes) is 8. The van der Waals surface area contributed by atoms with Gasteiger partial charge in [-0.05, 0) is 43.0 Å². The molecular formula is C25H34O3. The quantitative estimate of drug-likeness (QED) is 0.256. The van der Waals surface area contributed by atoms with E-state index in [1.54, 1.807) is 25.3 Å². The maximum absolute atomic E-state index is 10.9. The van der Waals surface area contributed by atoms with Crippen LogP contribution in [0, 0.1) is 0 Å². The van der Waals surface area contributed by atoms with Crippen molar-refractivity contribution in [3.05, 3.63) is 59.7 Å². The van der Waals surface area contributed by atoms with Crippen molar-refractivity contribution in [1.29, 1.82) is 0 Å². The lowest BCUT2D eigenvalue weighted by Crippen LogP contribution is -2.00. The van der Waals surface area contributed by atoms with E-state index in [0.29, 0.717) is 23.7 Å². The van der Waals surface area contributed by atoms with E-state index >= 15 is 0 Å². The Kier molecular flexibility index (Phi) is 10.9. The van der Waals surface area contributed by atoms with Gasteiger partial charge in [0.25, 0.3) is 0 Å². The van der Waals surface area contributed by atoms with Crippen molar-refractivity contribution in [3.8, 4) is 11.5 Å². The standard InChI is InChI=1S/C25H34O3/c1-27-24-18-17-23(21-26)20-25(24)28-19-13-8-6-4-2-3-5-7-10-14-22-15-11-9-12-16-22/h9,11-12,15-18,20-21H,2-8,10,13-14,19H2,1H3. The summed E-state index contributed by atoms with van der Waals surface area (Å²) in [5.41, 5.74) is 2.07. The fourth-order valence-electron chi connectivity index (χ4n) is 3.37. The molecule has 152 valence electrons. The van der Waals surface area contributed by atoms with E-state index in [1.807, 2.05) is 0 Å². The molecule has 2 aromatic carbocycles. The molecule has 0 aliphatic heterocycles. The van der Waals surface area contributed by atoms with Gasteiger partial charge in [-0.25, -0.2) is 0 Å². The summed E-state index contributed by atoms with van der Waals surface area (Å²) in [6, 6.07) is 16.0. The lowest BCUT2D eigenvalue weighted by atomic mass is 10.0. The third-order valence-corrected chi connectivity index (χ3v) is 5.03. The molecule has 0 N–H and O–H groups in total. The number of rotatable bonds is 15. The number of carbonyl (C=O) groups is 1. The van der Waals surface area contributed by atoms with Gasteiger partial charge in [-0.3, -0.25) is 4.79 Å². The number of hydrogen-bond acceptors (Lipinski definition) is 3. The Bertz CT molecular complexity index is 667. The molecule has 0 spiro atoms. The van der Waals surface area contributed by atoms with Gasteiger partial charge < -0.3 is 9.47 Å². The maximum atomic E-state index is 10.9. The Hall–Kier alpha value is -2.29. The van der Waals surface area contributed by atoms with Crippen LogP contribution in [0.5, 0.6) is 11.5 Å². The van der Waals surface area contributed by atoms with Crippen LogP contribution >= 0.6 is 0 Å². The zero-order chi connectivity index (χ0) is 19.9. The molecule has 3 heteroatoms. The molecule has 0 amide bonds. The Labute approximate surface area is 170 Å². The summed E-state index contributed by atoms with van der Waals surface area (Å²) >= 11 is 0. The second-order valence-electron chi connectivity index (χ2n) is 7.29. The first kappa shape index (κ1) is 22.0. The monoisotopic (exact) mass is 382 g/mol. The maximum Gasteiger partial charge on any atom is 0.161 e. The van der Waals surface area contributed by atoms with Crippen LogP contribution in [0.2, 0.25) is 0 Å². The van der Waals surface area contributed by atoms with E-state index in [1.165, 1.54) is 63.4 Å². The minimum absolute atomic E-state index is 0.611. The first-order valence-corrected chi connectivity index (χ1v) is 10.6. The predicted octanol–water partition coefficient (Wildman–Crippen LogP) is 6.64. The third kappa shape index (κ3) is 8.60. The molecule has 0 aromatic heterocycles. The number of aryl methyl sites for hydroxylation is 1. The summed E-state index contributed by atoms with van der Waals surface area (Å²) in [5.74, 6) is 1.33. The van der Waals surface area contributed by atoms with Crippen molar-refractivity contribution >= 4 is 6.29 Å². The van der Waals surface area contributed by atoms with Gasteiger partial charge in [-0.15, -0.1) is 0 Å². The van der Waals surface area contributed by atoms with Crippen molar-refractivity contribution in [2.75, 3.05) is 13.7 Å². The van der Waals surface area contributed by atoms with Crippen LogP contribution in [0.1, 0.15) is 73.7 Å². The normalized spacial score (nSPS) is 10.6. The average molecular weight is 383 g/mol. The van der Waals surface area contributed by atoms with Crippen LogP contribution in [0.3, 0.4) is 0 Å². The van der Waals surface area contributed by atoms with Crippen molar-refractivity contribution in [3.63, 3.8) is 0 Å². The van der Waals surface area contributed by atoms with Gasteiger partial charge in [0, 0.05) is 5.56 Å². The molecule has 3 nitrogen and oxygen atoms in total. The first-order chi connectivity index (χ1) is 13.8. The number of benzene rings is 2. The Morgan fingerprint density at radius 1 is 0.750 bits per heavy atom. The van der Waals surface area contributed by atoms with E-state index in [2.05, 4.69) is 30.3 Å². The minimum Gasteiger partial charge on any atom is -0.493 e. The summed E-state index contributed by atoms with van der Waals surface area (Å²) in [4.78, 5) is 10.9. The zero-order valence-electron chi connectivity index (χ0n) is 17.2. The lowest BCUT2D eigenvalue weighted by molar-refractivity contribution is 0.112. The molecule has 0 saturated carbocycles. The molecule has 0 heterocycles. The number of methoxy groups -OCH3 is 1. The summed E-state index contributed by atoms with van der Waals surface area (Å²) < 4.78 is 11.1. The molecule has 28 heavy (non-hydrogen) atoms. The van der Waals surface area contributed by atoms with Crippen LogP contribution in [-0.2, 0) is 6.42 Å². The van der Waals surface area contributed by atoms with E-state index < -0.39 is 0 Å². The Morgan fingerprint density at radius 2 is 1.39 bits per heavy atom. The molecule has 2 aromatic rings. The van der Waals surface area contributed by atoms with Gasteiger partial charge in [-0.1, -0.05) is 75.3 Å². The topological polar surface area (TPSA) is 35.5 Å². The van der Waals surface area contributed by atoms with Crippen molar-refractivity contribution < 1.29 is 14.3 Å². The van der Waals surface area contributed by atoms with Crippen LogP contribution in [-0.4, -0.2) is 20.0 Å². The van der Waals surface area contributed by atoms with Gasteiger partial charge in [0.1, 0.15) is 6.29 Å². The largest absolute Gasteiger partial charge is 0.493 e. The first-order valence-electron chi connectivity index (χ1n) is 10.6. The Balaban J connectivity index is 1.43. The number of aldehydes is 1. The zero-order valence-corrected chi connectivity index (χ0v) is 17.2. The fraction of sp³-hybridized carbons (Fsp3) is 0.480. The predicted molar refractivity (Wildman–Crippen MR) is 116 cm³/mol. The second-order valence-corrected chi connectivity index (χ2v) is 7.29. The summed E-state index contributed by atoms with van der Waals surface area (Å²) in [7, 11) is 1.62. The van der Waals surface area contributed by atoms with E-state index in [9.17, 15) is 4.79 Å². The highest BCUT2D eigenvalue weighted by atomic mass is 16.5.